The molecule has 0 spiro atoms. The number of hydrogen-bond acceptors (Lipinski definition) is 3. The molecule has 0 fully saturated rings. The fourth-order valence-corrected chi connectivity index (χ4v) is 3.41. The van der Waals surface area contributed by atoms with Gasteiger partial charge in [0, 0.05) is 25.9 Å². The maximum absolute atomic E-state index is 14.7. The number of nitrogens with one attached hydrogen (secondary N) is 1. The van der Waals surface area contributed by atoms with E-state index < -0.39 is 29.2 Å². The predicted octanol–water partition coefficient (Wildman–Crippen LogP) is 4.84. The van der Waals surface area contributed by atoms with Crippen LogP contribution in [0.15, 0.2) is 48.7 Å². The van der Waals surface area contributed by atoms with Crippen LogP contribution in [-0.4, -0.2) is 27.6 Å². The van der Waals surface area contributed by atoms with Gasteiger partial charge in [-0.2, -0.15) is 0 Å². The second-order valence-corrected chi connectivity index (χ2v) is 6.95. The zero-order chi connectivity index (χ0) is 22.3. The van der Waals surface area contributed by atoms with Gasteiger partial charge in [0.05, 0.1) is 5.39 Å². The number of carbonyl (C=O) groups is 1. The molecule has 2 amide bonds. The summed E-state index contributed by atoms with van der Waals surface area (Å²) in [7, 11) is 3.09. The van der Waals surface area contributed by atoms with E-state index in [1.165, 1.54) is 31.3 Å². The highest BCUT2D eigenvalue weighted by Gasteiger charge is 2.28. The maximum Gasteiger partial charge on any atom is 0.327 e. The van der Waals surface area contributed by atoms with Gasteiger partial charge in [0.1, 0.15) is 28.8 Å². The van der Waals surface area contributed by atoms with Crippen molar-refractivity contribution in [3.05, 3.63) is 71.7 Å². The predicted molar refractivity (Wildman–Crippen MR) is 112 cm³/mol. The van der Waals surface area contributed by atoms with Crippen molar-refractivity contribution >= 4 is 28.6 Å². The van der Waals surface area contributed by atoms with Gasteiger partial charge in [0.25, 0.3) is 0 Å². The highest BCUT2D eigenvalue weighted by molar-refractivity contribution is 6.05. The number of hydrogen-bond donors (Lipinski definition) is 1. The van der Waals surface area contributed by atoms with Crippen LogP contribution >= 0.6 is 0 Å². The number of benzene rings is 2. The van der Waals surface area contributed by atoms with Crippen molar-refractivity contribution in [1.29, 1.82) is 0 Å². The van der Waals surface area contributed by atoms with Gasteiger partial charge in [0.15, 0.2) is 11.6 Å². The van der Waals surface area contributed by atoms with E-state index in [9.17, 15) is 18.0 Å². The number of halogens is 3. The van der Waals surface area contributed by atoms with E-state index >= 15 is 0 Å². The van der Waals surface area contributed by atoms with Crippen molar-refractivity contribution in [3.63, 3.8) is 0 Å². The number of urea groups is 1. The topological polar surface area (TPSA) is 63.1 Å². The number of nitrogens with zero attached hydrogens (tertiary/aromatic N) is 4. The monoisotopic (exact) mass is 425 g/mol. The number of aryl methyl sites for hydroxylation is 2. The molecule has 0 bridgehead atoms. The highest BCUT2D eigenvalue weighted by Crippen LogP contribution is 2.36. The van der Waals surface area contributed by atoms with Crippen LogP contribution in [0.4, 0.5) is 29.5 Å². The van der Waals surface area contributed by atoms with Crippen LogP contribution in [0.1, 0.15) is 5.56 Å². The van der Waals surface area contributed by atoms with Crippen LogP contribution in [0.3, 0.4) is 0 Å². The maximum atomic E-state index is 14.7. The number of aromatic nitrogens is 3. The van der Waals surface area contributed by atoms with Crippen molar-refractivity contribution in [1.82, 2.24) is 19.9 Å². The first kappa shape index (κ1) is 20.4. The van der Waals surface area contributed by atoms with Crippen LogP contribution in [0.25, 0.3) is 22.4 Å². The molecule has 1 N–H and O–H groups in total. The van der Waals surface area contributed by atoms with Crippen LogP contribution in [0.5, 0.6) is 0 Å². The minimum absolute atomic E-state index is 0.00678. The van der Waals surface area contributed by atoms with E-state index in [0.717, 1.165) is 17.0 Å². The van der Waals surface area contributed by atoms with E-state index in [1.807, 2.05) is 0 Å². The molecule has 4 rings (SSSR count). The fourth-order valence-electron chi connectivity index (χ4n) is 3.41. The fraction of sp³-hybridized carbons (Fsp3) is 0.136. The molecule has 0 unspecified atom stereocenters. The molecule has 0 atom stereocenters. The second-order valence-electron chi connectivity index (χ2n) is 6.95. The molecule has 2 aromatic heterocycles. The lowest BCUT2D eigenvalue weighted by Crippen LogP contribution is -2.36. The molecule has 2 aromatic carbocycles. The molecular formula is C22H18F3N5O. The van der Waals surface area contributed by atoms with Gasteiger partial charge in [0.2, 0.25) is 0 Å². The minimum Gasteiger partial charge on any atom is -0.340 e. The Hall–Kier alpha value is -3.88. The van der Waals surface area contributed by atoms with E-state index in [-0.39, 0.29) is 11.6 Å². The van der Waals surface area contributed by atoms with Crippen molar-refractivity contribution in [2.75, 3.05) is 11.9 Å². The highest BCUT2D eigenvalue weighted by atomic mass is 19.1. The van der Waals surface area contributed by atoms with Gasteiger partial charge in [-0.25, -0.2) is 32.8 Å². The normalized spacial score (nSPS) is 11.0. The number of anilines is 2. The van der Waals surface area contributed by atoms with Crippen LogP contribution < -0.4 is 10.2 Å². The summed E-state index contributed by atoms with van der Waals surface area (Å²) in [5.41, 5.74) is 0.974. The molecule has 158 valence electrons. The summed E-state index contributed by atoms with van der Waals surface area (Å²) in [4.78, 5) is 22.7. The summed E-state index contributed by atoms with van der Waals surface area (Å²) in [6.07, 6.45) is 1.70. The lowest BCUT2D eigenvalue weighted by Gasteiger charge is -2.23. The second kappa shape index (κ2) is 7.75. The average molecular weight is 425 g/mol. The Balaban J connectivity index is 2.06. The van der Waals surface area contributed by atoms with Crippen molar-refractivity contribution in [3.8, 4) is 11.4 Å². The molecule has 4 aromatic rings. The van der Waals surface area contributed by atoms with Crippen molar-refractivity contribution in [2.24, 2.45) is 7.05 Å². The van der Waals surface area contributed by atoms with E-state index in [0.29, 0.717) is 22.2 Å². The molecule has 0 saturated carbocycles. The Labute approximate surface area is 176 Å². The van der Waals surface area contributed by atoms with Gasteiger partial charge in [-0.1, -0.05) is 6.07 Å². The van der Waals surface area contributed by atoms with E-state index in [1.54, 1.807) is 30.8 Å². The SMILES string of the molecule is CNC(=O)N(c1c(F)cccc1F)c1nc(-c2ccc(F)cc2C)nc2c1ccn2C. The summed E-state index contributed by atoms with van der Waals surface area (Å²) in [6, 6.07) is 8.32. The van der Waals surface area contributed by atoms with Crippen molar-refractivity contribution < 1.29 is 18.0 Å². The lowest BCUT2D eigenvalue weighted by molar-refractivity contribution is 0.250. The number of amides is 2. The Kier molecular flexibility index (Phi) is 5.10. The molecule has 2 heterocycles. The summed E-state index contributed by atoms with van der Waals surface area (Å²) in [5.74, 6) is -2.08. The Bertz CT molecular complexity index is 1300. The average Bonchev–Trinajstić information content (AvgIpc) is 3.11. The third kappa shape index (κ3) is 3.48. The van der Waals surface area contributed by atoms with Crippen molar-refractivity contribution in [2.45, 2.75) is 6.92 Å². The molecule has 0 aliphatic carbocycles. The van der Waals surface area contributed by atoms with Gasteiger partial charge < -0.3 is 9.88 Å². The van der Waals surface area contributed by atoms with Gasteiger partial charge in [-0.15, -0.1) is 0 Å². The molecule has 0 radical (unpaired) electrons. The standard InChI is InChI=1S/C22H18F3N5O/c1-12-11-13(23)7-8-14(12)19-27-20-15(9-10-29(20)3)21(28-19)30(22(31)26-2)18-16(24)5-4-6-17(18)25/h4-11H,1-3H3,(H,26,31). The molecule has 0 aliphatic heterocycles. The van der Waals surface area contributed by atoms with Gasteiger partial charge >= 0.3 is 6.03 Å². The number of rotatable bonds is 3. The Morgan fingerprint density at radius 2 is 1.77 bits per heavy atom. The van der Waals surface area contributed by atoms with Gasteiger partial charge in [-0.3, -0.25) is 0 Å². The number of fused-ring (bicyclic) bond motifs is 1. The third-order valence-electron chi connectivity index (χ3n) is 4.92. The molecular weight excluding hydrogens is 407 g/mol. The number of para-hydroxylation sites is 1. The first-order valence-corrected chi connectivity index (χ1v) is 9.37. The first-order chi connectivity index (χ1) is 14.8. The number of carbonyl (C=O) groups excluding carboxylic acids is 1. The Morgan fingerprint density at radius 3 is 2.42 bits per heavy atom. The molecule has 9 heteroatoms. The first-order valence-electron chi connectivity index (χ1n) is 9.37. The third-order valence-corrected chi connectivity index (χ3v) is 4.92. The van der Waals surface area contributed by atoms with Crippen LogP contribution in [0, 0.1) is 24.4 Å². The summed E-state index contributed by atoms with van der Waals surface area (Å²) >= 11 is 0. The summed E-state index contributed by atoms with van der Waals surface area (Å²) in [5, 5.41) is 2.82. The molecule has 0 saturated heterocycles. The molecule has 0 aliphatic rings. The zero-order valence-corrected chi connectivity index (χ0v) is 16.9. The van der Waals surface area contributed by atoms with E-state index in [4.69, 9.17) is 0 Å². The van der Waals surface area contributed by atoms with Crippen LogP contribution in [-0.2, 0) is 7.05 Å². The summed E-state index contributed by atoms with van der Waals surface area (Å²) in [6.45, 7) is 1.70. The smallest absolute Gasteiger partial charge is 0.327 e. The molecule has 6 nitrogen and oxygen atoms in total. The summed E-state index contributed by atoms with van der Waals surface area (Å²) < 4.78 is 44.6. The lowest BCUT2D eigenvalue weighted by atomic mass is 10.1. The minimum atomic E-state index is -0.925. The zero-order valence-electron chi connectivity index (χ0n) is 16.9. The Morgan fingerprint density at radius 1 is 1.06 bits per heavy atom. The quantitative estimate of drug-likeness (QED) is 0.511. The van der Waals surface area contributed by atoms with E-state index in [2.05, 4.69) is 15.3 Å². The van der Waals surface area contributed by atoms with Crippen LogP contribution in [0.2, 0.25) is 0 Å². The largest absolute Gasteiger partial charge is 0.340 e. The van der Waals surface area contributed by atoms with Gasteiger partial charge in [-0.05, 0) is 48.9 Å². The molecule has 31 heavy (non-hydrogen) atoms.